The van der Waals surface area contributed by atoms with Gasteiger partial charge in [0.05, 0.1) is 38.7 Å². The highest BCUT2D eigenvalue weighted by atomic mass is 16.6. The second kappa shape index (κ2) is 9.04. The normalized spacial score (nSPS) is 11.2. The van der Waals surface area contributed by atoms with Crippen molar-refractivity contribution >= 4 is 16.7 Å². The maximum absolute atomic E-state index is 12.6. The van der Waals surface area contributed by atoms with E-state index in [2.05, 4.69) is 6.92 Å². The highest BCUT2D eigenvalue weighted by molar-refractivity contribution is 6.03. The van der Waals surface area contributed by atoms with E-state index in [1.54, 1.807) is 27.9 Å². The summed E-state index contributed by atoms with van der Waals surface area (Å²) < 4.78 is 28.6. The van der Waals surface area contributed by atoms with Crippen molar-refractivity contribution in [1.29, 1.82) is 0 Å². The van der Waals surface area contributed by atoms with E-state index >= 15 is 0 Å². The molecule has 2 aromatic carbocycles. The molecule has 0 N–H and O–H groups in total. The third-order valence-electron chi connectivity index (χ3n) is 4.30. The van der Waals surface area contributed by atoms with Gasteiger partial charge in [0.25, 0.3) is 0 Å². The Balaban J connectivity index is 2.82. The fourth-order valence-corrected chi connectivity index (χ4v) is 2.74. The molecule has 0 fully saturated rings. The van der Waals surface area contributed by atoms with Crippen LogP contribution < -0.4 is 23.7 Å². The number of fused-ring (bicyclic) bond motifs is 1. The van der Waals surface area contributed by atoms with Crippen LogP contribution in [0.4, 0.5) is 0 Å². The van der Waals surface area contributed by atoms with Crippen LogP contribution in [-0.4, -0.2) is 33.9 Å². The minimum atomic E-state index is -0.681. The molecule has 0 aromatic heterocycles. The third kappa shape index (κ3) is 4.26. The van der Waals surface area contributed by atoms with E-state index in [-0.39, 0.29) is 11.7 Å². The number of esters is 1. The first-order chi connectivity index (χ1) is 13.3. The van der Waals surface area contributed by atoms with Crippen molar-refractivity contribution in [3.8, 4) is 28.7 Å². The van der Waals surface area contributed by atoms with Crippen molar-refractivity contribution in [3.05, 3.63) is 18.2 Å². The van der Waals surface area contributed by atoms with Crippen LogP contribution in [0, 0.1) is 5.41 Å². The summed E-state index contributed by atoms with van der Waals surface area (Å²) in [5, 5.41) is 1.33. The fraction of sp³-hybridized carbons (Fsp3) is 0.500. The third-order valence-corrected chi connectivity index (χ3v) is 4.30. The van der Waals surface area contributed by atoms with Gasteiger partial charge in [-0.15, -0.1) is 0 Å². The summed E-state index contributed by atoms with van der Waals surface area (Å²) in [5.74, 6) is 1.70. The second-order valence-corrected chi connectivity index (χ2v) is 7.45. The Morgan fingerprint density at radius 2 is 1.57 bits per heavy atom. The zero-order valence-corrected chi connectivity index (χ0v) is 17.8. The van der Waals surface area contributed by atoms with Crippen molar-refractivity contribution in [2.45, 2.75) is 40.5 Å². The number of unbranched alkanes of at least 4 members (excludes halogenated alkanes) is 1. The van der Waals surface area contributed by atoms with Gasteiger partial charge in [0.15, 0.2) is 11.5 Å². The van der Waals surface area contributed by atoms with Gasteiger partial charge in [0.2, 0.25) is 11.5 Å². The van der Waals surface area contributed by atoms with Crippen LogP contribution in [0.3, 0.4) is 0 Å². The monoisotopic (exact) mass is 390 g/mol. The number of hydrogen-bond donors (Lipinski definition) is 0. The van der Waals surface area contributed by atoms with Gasteiger partial charge in [-0.1, -0.05) is 25.5 Å². The highest BCUT2D eigenvalue weighted by Gasteiger charge is 2.30. The zero-order valence-electron chi connectivity index (χ0n) is 17.8. The molecule has 0 heterocycles. The molecule has 6 heteroatoms. The summed E-state index contributed by atoms with van der Waals surface area (Å²) in [6.45, 7) is 8.00. The fourth-order valence-electron chi connectivity index (χ4n) is 2.74. The van der Waals surface area contributed by atoms with Gasteiger partial charge in [-0.05, 0) is 33.3 Å². The summed E-state index contributed by atoms with van der Waals surface area (Å²) in [6, 6.07) is 5.51. The lowest BCUT2D eigenvalue weighted by Crippen LogP contribution is -2.26. The summed E-state index contributed by atoms with van der Waals surface area (Å²) in [7, 11) is 4.62. The molecule has 0 unspecified atom stereocenters. The Morgan fingerprint density at radius 1 is 0.929 bits per heavy atom. The molecule has 0 radical (unpaired) electrons. The van der Waals surface area contributed by atoms with Gasteiger partial charge in [0, 0.05) is 5.39 Å². The van der Waals surface area contributed by atoms with Crippen molar-refractivity contribution in [2.75, 3.05) is 27.9 Å². The summed E-state index contributed by atoms with van der Waals surface area (Å²) in [6.07, 6.45) is 1.89. The molecule has 0 spiro atoms. The molecule has 0 bridgehead atoms. The Hall–Kier alpha value is -2.63. The van der Waals surface area contributed by atoms with Gasteiger partial charge < -0.3 is 23.7 Å². The lowest BCUT2D eigenvalue weighted by molar-refractivity contribution is -0.143. The first kappa shape index (κ1) is 21.7. The van der Waals surface area contributed by atoms with Crippen LogP contribution in [-0.2, 0) is 4.79 Å². The largest absolute Gasteiger partial charge is 0.496 e. The molecule has 0 atom stereocenters. The average molecular weight is 390 g/mol. The van der Waals surface area contributed by atoms with Crippen LogP contribution >= 0.6 is 0 Å². The molecule has 2 aromatic rings. The SMILES string of the molecule is CCCCOc1c(OC)c(OC)c(OC(=O)C(C)(C)C)c2cccc(OC)c12. The van der Waals surface area contributed by atoms with E-state index in [9.17, 15) is 4.79 Å². The molecule has 0 aliphatic rings. The minimum Gasteiger partial charge on any atom is -0.496 e. The highest BCUT2D eigenvalue weighted by Crippen LogP contribution is 2.53. The van der Waals surface area contributed by atoms with Crippen LogP contribution in [0.2, 0.25) is 0 Å². The smallest absolute Gasteiger partial charge is 0.316 e. The maximum atomic E-state index is 12.6. The second-order valence-electron chi connectivity index (χ2n) is 7.45. The van der Waals surface area contributed by atoms with E-state index in [4.69, 9.17) is 23.7 Å². The number of benzene rings is 2. The van der Waals surface area contributed by atoms with Gasteiger partial charge in [-0.3, -0.25) is 4.79 Å². The molecule has 0 aliphatic carbocycles. The zero-order chi connectivity index (χ0) is 20.9. The van der Waals surface area contributed by atoms with E-state index in [1.165, 1.54) is 14.2 Å². The predicted octanol–water partition coefficient (Wildman–Crippen LogP) is 5.00. The Bertz CT molecular complexity index is 835. The van der Waals surface area contributed by atoms with Gasteiger partial charge in [-0.25, -0.2) is 0 Å². The summed E-state index contributed by atoms with van der Waals surface area (Å²) in [5.41, 5.74) is -0.681. The quantitative estimate of drug-likeness (QED) is 0.359. The maximum Gasteiger partial charge on any atom is 0.316 e. The Morgan fingerprint density at radius 3 is 2.11 bits per heavy atom. The minimum absolute atomic E-state index is 0.288. The Kier molecular flexibility index (Phi) is 7.00. The molecule has 2 rings (SSSR count). The topological polar surface area (TPSA) is 63.2 Å². The Labute approximate surface area is 166 Å². The molecule has 154 valence electrons. The number of carbonyl (C=O) groups is 1. The van der Waals surface area contributed by atoms with E-state index in [0.29, 0.717) is 40.4 Å². The molecule has 0 amide bonds. The molecule has 0 saturated heterocycles. The standard InChI is InChI=1S/C22H30O6/c1-8-9-13-27-18-16-14(11-10-12-15(16)24-5)17(19(25-6)20(18)26-7)28-21(23)22(2,3)4/h10-12H,8-9,13H2,1-7H3. The molecule has 28 heavy (non-hydrogen) atoms. The number of rotatable bonds is 8. The van der Waals surface area contributed by atoms with Crippen molar-refractivity contribution < 1.29 is 28.5 Å². The van der Waals surface area contributed by atoms with E-state index < -0.39 is 5.41 Å². The number of hydrogen-bond acceptors (Lipinski definition) is 6. The van der Waals surface area contributed by atoms with E-state index in [0.717, 1.165) is 12.8 Å². The van der Waals surface area contributed by atoms with Crippen LogP contribution in [0.25, 0.3) is 10.8 Å². The molecule has 0 saturated carbocycles. The number of carbonyl (C=O) groups excluding carboxylic acids is 1. The molecule has 0 aliphatic heterocycles. The van der Waals surface area contributed by atoms with Crippen LogP contribution in [0.15, 0.2) is 18.2 Å². The van der Waals surface area contributed by atoms with Crippen molar-refractivity contribution in [2.24, 2.45) is 5.41 Å². The first-order valence-corrected chi connectivity index (χ1v) is 9.39. The summed E-state index contributed by atoms with van der Waals surface area (Å²) >= 11 is 0. The molecular weight excluding hydrogens is 360 g/mol. The van der Waals surface area contributed by atoms with Gasteiger partial charge >= 0.3 is 5.97 Å². The predicted molar refractivity (Wildman–Crippen MR) is 109 cm³/mol. The summed E-state index contributed by atoms with van der Waals surface area (Å²) in [4.78, 5) is 12.6. The molecular formula is C22H30O6. The van der Waals surface area contributed by atoms with Crippen LogP contribution in [0.1, 0.15) is 40.5 Å². The molecule has 6 nitrogen and oxygen atoms in total. The van der Waals surface area contributed by atoms with Gasteiger partial charge in [-0.2, -0.15) is 0 Å². The first-order valence-electron chi connectivity index (χ1n) is 9.39. The van der Waals surface area contributed by atoms with Crippen molar-refractivity contribution in [3.63, 3.8) is 0 Å². The van der Waals surface area contributed by atoms with Gasteiger partial charge in [0.1, 0.15) is 5.75 Å². The van der Waals surface area contributed by atoms with Crippen LogP contribution in [0.5, 0.6) is 28.7 Å². The lowest BCUT2D eigenvalue weighted by Gasteiger charge is -2.23. The van der Waals surface area contributed by atoms with E-state index in [1.807, 2.05) is 18.2 Å². The average Bonchev–Trinajstić information content (AvgIpc) is 2.67. The van der Waals surface area contributed by atoms with Crippen molar-refractivity contribution in [1.82, 2.24) is 0 Å². The lowest BCUT2D eigenvalue weighted by atomic mass is 9.97. The number of ether oxygens (including phenoxy) is 5. The number of methoxy groups -OCH3 is 3.